The predicted molar refractivity (Wildman–Crippen MR) is 143 cm³/mol. The minimum Gasteiger partial charge on any atom is -0.872 e. The molecule has 1 aromatic rings. The van der Waals surface area contributed by atoms with E-state index >= 15 is 0 Å². The molecule has 0 radical (unpaired) electrons. The molecule has 8 atom stereocenters. The Bertz CT molecular complexity index is 1150. The van der Waals surface area contributed by atoms with Gasteiger partial charge in [-0.05, 0) is 33.2 Å². The Balaban J connectivity index is 0.00000336. The predicted octanol–water partition coefficient (Wildman–Crippen LogP) is 0.248. The fourth-order valence-corrected chi connectivity index (χ4v) is 9.83. The van der Waals surface area contributed by atoms with E-state index in [2.05, 4.69) is 9.89 Å². The van der Waals surface area contributed by atoms with E-state index < -0.39 is 34.6 Å². The summed E-state index contributed by atoms with van der Waals surface area (Å²) in [6.07, 6.45) is -0.679. The maximum atomic E-state index is 12.4. The Kier molecular flexibility index (Phi) is 9.39. The Morgan fingerprint density at radius 3 is 2.71 bits per heavy atom. The van der Waals surface area contributed by atoms with Gasteiger partial charge in [0.1, 0.15) is 16.9 Å². The van der Waals surface area contributed by atoms with Crippen LogP contribution in [-0.4, -0.2) is 111 Å². The van der Waals surface area contributed by atoms with E-state index in [0.29, 0.717) is 10.8 Å². The SMILES string of the molecule is COC1SC(C2CSC(C3CSC(C4(O)N=C(c5cc(Cl)ccc5[O-])OC4C)N3C)=N2)N(C)C1C(=O)[O-].[Zn+2]. The fourth-order valence-electron chi connectivity index (χ4n) is 5.05. The van der Waals surface area contributed by atoms with E-state index in [9.17, 15) is 20.1 Å². The van der Waals surface area contributed by atoms with Gasteiger partial charge >= 0.3 is 19.5 Å². The van der Waals surface area contributed by atoms with E-state index in [0.717, 1.165) is 10.8 Å². The molecular formula is C23H27ClN4O6S3Zn. The molecule has 202 valence electrons. The first-order valence-corrected chi connectivity index (χ1v) is 15.0. The average Bonchev–Trinajstić information content (AvgIpc) is 3.61. The largest absolute Gasteiger partial charge is 2.00 e. The molecule has 15 heteroatoms. The van der Waals surface area contributed by atoms with Crippen molar-refractivity contribution in [3.63, 3.8) is 0 Å². The van der Waals surface area contributed by atoms with Crippen molar-refractivity contribution in [2.75, 3.05) is 32.7 Å². The van der Waals surface area contributed by atoms with Gasteiger partial charge in [0.05, 0.1) is 34.5 Å². The number of aliphatic hydroxyl groups is 1. The third-order valence-corrected chi connectivity index (χ3v) is 11.7. The van der Waals surface area contributed by atoms with Gasteiger partial charge in [0, 0.05) is 29.2 Å². The molecule has 0 saturated carbocycles. The van der Waals surface area contributed by atoms with Crippen LogP contribution in [0.15, 0.2) is 28.2 Å². The first-order chi connectivity index (χ1) is 17.5. The number of carbonyl (C=O) groups is 1. The van der Waals surface area contributed by atoms with Gasteiger partial charge in [0.25, 0.3) is 0 Å². The summed E-state index contributed by atoms with van der Waals surface area (Å²) in [6.45, 7) is 1.73. The van der Waals surface area contributed by atoms with E-state index in [1.165, 1.54) is 37.1 Å². The summed E-state index contributed by atoms with van der Waals surface area (Å²) >= 11 is 10.7. The molecule has 4 heterocycles. The van der Waals surface area contributed by atoms with Gasteiger partial charge in [-0.2, -0.15) is 0 Å². The van der Waals surface area contributed by atoms with Crippen molar-refractivity contribution in [2.45, 2.75) is 53.1 Å². The number of methoxy groups -OCH3 is 1. The Hall–Kier alpha value is -0.567. The maximum absolute atomic E-state index is 12.4. The standard InChI is InChI=1S/C23H29ClN4O6S3.Zn/c1-10-23(32,26-17(34-10)12-7-11(24)5-6-15(12)29)22-27(2)14(9-36-22)18-25-13(8-35-18)19-28(3)16(20(30)31)21(33-4)37-19;/h5-7,10,13-14,16,19,21-22,29,32H,8-9H2,1-4H3,(H,30,31);/q;+2/p-2. The molecule has 10 nitrogen and oxygen atoms in total. The summed E-state index contributed by atoms with van der Waals surface area (Å²) in [7, 11) is 5.19. The molecule has 0 amide bonds. The molecule has 2 fully saturated rings. The van der Waals surface area contributed by atoms with Crippen LogP contribution >= 0.6 is 46.9 Å². The number of ether oxygens (including phenoxy) is 2. The molecule has 38 heavy (non-hydrogen) atoms. The molecular weight excluding hydrogens is 625 g/mol. The molecule has 1 N–H and O–H groups in total. The number of aliphatic carboxylic acids is 1. The van der Waals surface area contributed by atoms with Crippen molar-refractivity contribution in [3.8, 4) is 5.75 Å². The number of likely N-dealkylation sites (N-methyl/N-ethyl adjacent to an activating group) is 2. The Labute approximate surface area is 251 Å². The molecule has 0 aliphatic carbocycles. The number of carboxylic acid groups (broad SMARTS) is 1. The number of thioether (sulfide) groups is 3. The van der Waals surface area contributed by atoms with E-state index in [1.54, 1.807) is 42.4 Å². The maximum Gasteiger partial charge on any atom is 2.00 e. The van der Waals surface area contributed by atoms with Gasteiger partial charge < -0.3 is 29.6 Å². The van der Waals surface area contributed by atoms with Crippen molar-refractivity contribution in [3.05, 3.63) is 28.8 Å². The molecule has 4 aliphatic rings. The fraction of sp³-hybridized carbons (Fsp3) is 0.609. The zero-order valence-electron chi connectivity index (χ0n) is 21.3. The van der Waals surface area contributed by atoms with Crippen molar-refractivity contribution >= 4 is 63.8 Å². The number of halogens is 1. The summed E-state index contributed by atoms with van der Waals surface area (Å²) in [5.74, 6) is 0.0694. The quantitative estimate of drug-likeness (QED) is 0.424. The minimum absolute atomic E-state index is 0. The van der Waals surface area contributed by atoms with Gasteiger partial charge in [-0.25, -0.2) is 4.99 Å². The van der Waals surface area contributed by atoms with Crippen LogP contribution in [0, 0.1) is 0 Å². The number of nitrogens with zero attached hydrogens (tertiary/aromatic N) is 4. The Morgan fingerprint density at radius 2 is 2.05 bits per heavy atom. The first kappa shape index (κ1) is 30.4. The van der Waals surface area contributed by atoms with Crippen LogP contribution in [0.1, 0.15) is 12.5 Å². The summed E-state index contributed by atoms with van der Waals surface area (Å²) in [5.41, 5.74) is -1.87. The monoisotopic (exact) mass is 650 g/mol. The third kappa shape index (κ3) is 5.25. The molecule has 0 aromatic heterocycles. The van der Waals surface area contributed by atoms with Gasteiger partial charge in [0.15, 0.2) is 0 Å². The van der Waals surface area contributed by atoms with E-state index in [-0.39, 0.29) is 54.1 Å². The molecule has 0 spiro atoms. The number of rotatable bonds is 6. The van der Waals surface area contributed by atoms with Crippen molar-refractivity contribution < 1.29 is 49.1 Å². The zero-order valence-corrected chi connectivity index (χ0v) is 27.4. The second-order valence-electron chi connectivity index (χ2n) is 9.37. The molecule has 0 bridgehead atoms. The summed E-state index contributed by atoms with van der Waals surface area (Å²) in [6, 6.07) is 3.37. The van der Waals surface area contributed by atoms with Gasteiger partial charge in [0.2, 0.25) is 11.6 Å². The number of aliphatic imine (C=N–C) groups is 2. The minimum atomic E-state index is -1.57. The Morgan fingerprint density at radius 1 is 1.32 bits per heavy atom. The van der Waals surface area contributed by atoms with E-state index in [1.807, 2.05) is 7.05 Å². The summed E-state index contributed by atoms with van der Waals surface area (Å²) in [4.78, 5) is 25.0. The summed E-state index contributed by atoms with van der Waals surface area (Å²) < 4.78 is 11.2. The average molecular weight is 653 g/mol. The molecule has 5 rings (SSSR count). The molecule has 4 aliphatic heterocycles. The third-order valence-electron chi connectivity index (χ3n) is 7.13. The second-order valence-corrected chi connectivity index (χ2v) is 13.2. The van der Waals surface area contributed by atoms with Crippen LogP contribution in [0.2, 0.25) is 5.02 Å². The molecule has 1 aromatic carbocycles. The van der Waals surface area contributed by atoms with Crippen LogP contribution < -0.4 is 10.2 Å². The van der Waals surface area contributed by atoms with Crippen molar-refractivity contribution in [1.82, 2.24) is 9.80 Å². The van der Waals surface area contributed by atoms with Crippen LogP contribution in [0.5, 0.6) is 5.75 Å². The van der Waals surface area contributed by atoms with E-state index in [4.69, 9.17) is 26.1 Å². The number of carbonyl (C=O) groups excluding carboxylic acids is 1. The van der Waals surface area contributed by atoms with Gasteiger partial charge in [-0.1, -0.05) is 23.4 Å². The van der Waals surface area contributed by atoms with Crippen molar-refractivity contribution in [1.29, 1.82) is 0 Å². The number of hydrogen-bond donors (Lipinski definition) is 1. The smallest absolute Gasteiger partial charge is 0.872 e. The number of hydrogen-bond acceptors (Lipinski definition) is 13. The van der Waals surface area contributed by atoms with Crippen LogP contribution in [0.4, 0.5) is 0 Å². The van der Waals surface area contributed by atoms with Gasteiger partial charge in [-0.15, -0.1) is 35.3 Å². The topological polar surface area (TPSA) is 133 Å². The molecule has 2 saturated heterocycles. The normalized spacial score (nSPS) is 37.6. The van der Waals surface area contributed by atoms with Gasteiger partial charge in [-0.3, -0.25) is 14.8 Å². The van der Waals surface area contributed by atoms with Crippen LogP contribution in [-0.2, 0) is 33.7 Å². The number of carboxylic acids is 1. The van der Waals surface area contributed by atoms with Crippen LogP contribution in [0.25, 0.3) is 0 Å². The molecule has 8 unspecified atom stereocenters. The van der Waals surface area contributed by atoms with Crippen LogP contribution in [0.3, 0.4) is 0 Å². The summed E-state index contributed by atoms with van der Waals surface area (Å²) in [5, 5.41) is 36.4. The van der Waals surface area contributed by atoms with Crippen molar-refractivity contribution in [2.24, 2.45) is 9.98 Å². The first-order valence-electron chi connectivity index (χ1n) is 11.7. The zero-order chi connectivity index (χ0) is 26.6. The number of benzene rings is 1. The second kappa shape index (κ2) is 11.7.